The molecule has 16 N–H and O–H groups in total. The Hall–Kier alpha value is -6.87. The normalized spacial score (nSPS) is 16.7. The maximum absolute atomic E-state index is 14.0. The second-order valence-electron chi connectivity index (χ2n) is 20.0. The average molecular weight is 1100 g/mol. The van der Waals surface area contributed by atoms with Gasteiger partial charge >= 0.3 is 0 Å². The summed E-state index contributed by atoms with van der Waals surface area (Å²) in [6.45, 7) is 11.9. The number of nitrogens with zero attached hydrogens (tertiary/aromatic N) is 1. The van der Waals surface area contributed by atoms with E-state index >= 15 is 0 Å². The summed E-state index contributed by atoms with van der Waals surface area (Å²) in [5.74, 6) is -11.5. The third-order valence-corrected chi connectivity index (χ3v) is 12.9. The number of aliphatic hydroxyl groups excluding tert-OH is 1. The van der Waals surface area contributed by atoms with E-state index in [1.54, 1.807) is 71.9 Å². The number of thiol groups is 1. The number of benzene rings is 1. The fraction of sp³-hybridized carbons (Fsp3) is 0.640. The van der Waals surface area contributed by atoms with Gasteiger partial charge in [0, 0.05) is 25.6 Å². The number of carbonyl (C=O) groups is 12. The van der Waals surface area contributed by atoms with Gasteiger partial charge in [-0.05, 0) is 68.9 Å². The Kier molecular flexibility index (Phi) is 28.1. The van der Waals surface area contributed by atoms with Crippen LogP contribution in [-0.4, -0.2) is 167 Å². The maximum atomic E-state index is 14.0. The van der Waals surface area contributed by atoms with Gasteiger partial charge in [-0.1, -0.05) is 71.9 Å². The van der Waals surface area contributed by atoms with Crippen molar-refractivity contribution in [2.75, 3.05) is 25.4 Å². The van der Waals surface area contributed by atoms with Crippen LogP contribution in [-0.2, 0) is 64.0 Å². The van der Waals surface area contributed by atoms with Crippen LogP contribution in [0.15, 0.2) is 30.3 Å². The van der Waals surface area contributed by atoms with Gasteiger partial charge in [-0.2, -0.15) is 12.6 Å². The number of rotatable bonds is 32. The molecular weight excluding hydrogens is 1020 g/mol. The summed E-state index contributed by atoms with van der Waals surface area (Å²) in [6, 6.07) is -4.22. The van der Waals surface area contributed by atoms with Crippen molar-refractivity contribution in [1.82, 2.24) is 52.8 Å². The van der Waals surface area contributed by atoms with Gasteiger partial charge < -0.3 is 75.1 Å². The largest absolute Gasteiger partial charge is 0.394 e. The fourth-order valence-corrected chi connectivity index (χ4v) is 8.48. The second kappa shape index (κ2) is 32.7. The lowest BCUT2D eigenvalue weighted by Crippen LogP contribution is -2.62. The van der Waals surface area contributed by atoms with Crippen molar-refractivity contribution in [3.8, 4) is 0 Å². The van der Waals surface area contributed by atoms with Crippen LogP contribution in [0.1, 0.15) is 99.5 Å². The highest BCUT2D eigenvalue weighted by Gasteiger charge is 2.41. The minimum absolute atomic E-state index is 0.0263. The molecule has 0 aliphatic carbocycles. The lowest BCUT2D eigenvalue weighted by molar-refractivity contribution is -0.143. The predicted molar refractivity (Wildman–Crippen MR) is 285 cm³/mol. The van der Waals surface area contributed by atoms with Gasteiger partial charge in [0.15, 0.2) is 0 Å². The molecule has 0 unspecified atom stereocenters. The van der Waals surface area contributed by atoms with E-state index in [4.69, 9.17) is 17.2 Å². The Labute approximate surface area is 454 Å². The van der Waals surface area contributed by atoms with E-state index in [2.05, 4.69) is 60.5 Å². The highest BCUT2D eigenvalue weighted by atomic mass is 32.1. The van der Waals surface area contributed by atoms with E-state index in [1.165, 1.54) is 13.8 Å². The summed E-state index contributed by atoms with van der Waals surface area (Å²) in [5.41, 5.74) is 17.2. The Morgan fingerprint density at radius 3 is 1.62 bits per heavy atom. The average Bonchev–Trinajstić information content (AvgIpc) is 3.86. The highest BCUT2D eigenvalue weighted by Crippen LogP contribution is 2.20. The number of nitrogens with two attached hydrogens (primary N) is 3. The molecule has 2 rings (SSSR count). The highest BCUT2D eigenvalue weighted by molar-refractivity contribution is 7.80. The Balaban J connectivity index is 2.20. The molecule has 1 aliphatic rings. The van der Waals surface area contributed by atoms with Crippen molar-refractivity contribution in [2.45, 2.75) is 161 Å². The number of amides is 12. The summed E-state index contributed by atoms with van der Waals surface area (Å²) >= 11 is 4.13. The molecular formula is C50H81N13O13S. The van der Waals surface area contributed by atoms with Gasteiger partial charge in [0.05, 0.1) is 13.0 Å². The second-order valence-corrected chi connectivity index (χ2v) is 20.4. The summed E-state index contributed by atoms with van der Waals surface area (Å²) < 4.78 is 0. The zero-order valence-corrected chi connectivity index (χ0v) is 46.0. The molecule has 77 heavy (non-hydrogen) atoms. The van der Waals surface area contributed by atoms with Crippen molar-refractivity contribution >= 4 is 83.5 Å². The number of hydrogen-bond donors (Lipinski definition) is 14. The lowest BCUT2D eigenvalue weighted by Gasteiger charge is -2.31. The molecule has 1 fully saturated rings. The molecule has 1 aromatic rings. The number of nitrogens with one attached hydrogen (secondary N) is 9. The number of primary amides is 2. The van der Waals surface area contributed by atoms with Gasteiger partial charge in [0.1, 0.15) is 60.4 Å². The molecule has 12 amide bonds. The zero-order chi connectivity index (χ0) is 58.3. The summed E-state index contributed by atoms with van der Waals surface area (Å²) in [7, 11) is 0. The van der Waals surface area contributed by atoms with E-state index in [0.29, 0.717) is 24.9 Å². The number of carbonyl (C=O) groups excluding carboxylic acids is 12. The van der Waals surface area contributed by atoms with Crippen LogP contribution in [0.5, 0.6) is 0 Å². The number of likely N-dealkylation sites (tertiary alicyclic amines) is 1. The molecule has 430 valence electrons. The Morgan fingerprint density at radius 2 is 1.10 bits per heavy atom. The molecule has 27 heteroatoms. The van der Waals surface area contributed by atoms with Gasteiger partial charge in [0.2, 0.25) is 70.9 Å². The first kappa shape index (κ1) is 66.2. The van der Waals surface area contributed by atoms with Gasteiger partial charge in [-0.3, -0.25) is 57.5 Å². The third-order valence-electron chi connectivity index (χ3n) is 12.6. The lowest BCUT2D eigenvalue weighted by atomic mass is 9.98. The van der Waals surface area contributed by atoms with Crippen molar-refractivity contribution in [2.24, 2.45) is 35.0 Å². The molecule has 0 saturated carbocycles. The van der Waals surface area contributed by atoms with Crippen molar-refractivity contribution in [3.63, 3.8) is 0 Å². The Bertz CT molecular complexity index is 2240. The quantitative estimate of drug-likeness (QED) is 0.0242. The first-order valence-electron chi connectivity index (χ1n) is 25.7. The molecule has 10 atom stereocenters. The predicted octanol–water partition coefficient (Wildman–Crippen LogP) is -4.00. The first-order chi connectivity index (χ1) is 36.2. The van der Waals surface area contributed by atoms with Crippen molar-refractivity contribution in [1.29, 1.82) is 0 Å². The molecule has 1 saturated heterocycles. The van der Waals surface area contributed by atoms with E-state index < -0.39 is 156 Å². The third kappa shape index (κ3) is 21.6. The molecule has 1 aromatic carbocycles. The van der Waals surface area contributed by atoms with Crippen LogP contribution in [0.3, 0.4) is 0 Å². The number of hydrogen-bond acceptors (Lipinski definition) is 15. The van der Waals surface area contributed by atoms with E-state index in [0.717, 1.165) is 4.90 Å². The minimum Gasteiger partial charge on any atom is -0.394 e. The summed E-state index contributed by atoms with van der Waals surface area (Å²) in [5, 5.41) is 32.9. The van der Waals surface area contributed by atoms with Crippen LogP contribution in [0, 0.1) is 17.8 Å². The standard InChI is InChI=1S/C50H81N13O13S/c1-25(2)38(41(53)67)60-44(70)32(21-30-15-10-9-11-16-30)56-48(74)39(26(3)4)62-49(75)40(27(5)6)61-42(68)28(7)54-47(73)36-18-14-20-63(36)50(76)33(22-37(52)66)57-45(71)34(23-64)58-46(72)35(24-77)59-43(69)31(55-29(8)65)17-12-13-19-51/h9-11,15-16,25-28,31-36,38-40,64,77H,12-14,17-24,51H2,1-8H3,(H2,52,66)(H2,53,67)(H,54,73)(H,55,65)(H,56,74)(H,57,71)(H,58,72)(H,59,69)(H,60,70)(H,61,68)(H,62,75)/t28-,31-,32-,33-,34-,35-,36-,38-,39-,40-/m0/s1. The molecule has 0 aromatic heterocycles. The van der Waals surface area contributed by atoms with Crippen LogP contribution >= 0.6 is 12.6 Å². The number of unbranched alkanes of at least 4 members (excludes halogenated alkanes) is 1. The molecule has 0 bridgehead atoms. The molecule has 1 heterocycles. The van der Waals surface area contributed by atoms with Crippen LogP contribution in [0.25, 0.3) is 0 Å². The molecule has 1 aliphatic heterocycles. The first-order valence-corrected chi connectivity index (χ1v) is 26.3. The SMILES string of the molecule is CC(=O)N[C@@H](CCCCN)C(=O)N[C@@H](CS)C(=O)N[C@@H](CO)C(=O)N[C@@H](CC(N)=O)C(=O)N1CCC[C@H]1C(=O)N[C@@H](C)C(=O)N[C@H](C(=O)N[C@H](C(=O)N[C@@H](Cc1ccccc1)C(=O)N[C@H](C(N)=O)C(C)C)C(C)C)C(C)C. The molecule has 26 nitrogen and oxygen atoms in total. The van der Waals surface area contributed by atoms with Gasteiger partial charge in [0.25, 0.3) is 0 Å². The van der Waals surface area contributed by atoms with Gasteiger partial charge in [-0.15, -0.1) is 0 Å². The fourth-order valence-electron chi connectivity index (χ4n) is 8.22. The smallest absolute Gasteiger partial charge is 0.246 e. The monoisotopic (exact) mass is 1100 g/mol. The minimum atomic E-state index is -1.73. The summed E-state index contributed by atoms with van der Waals surface area (Å²) in [4.78, 5) is 160. The summed E-state index contributed by atoms with van der Waals surface area (Å²) in [6.07, 6.45) is 0.913. The zero-order valence-electron chi connectivity index (χ0n) is 45.1. The Morgan fingerprint density at radius 1 is 0.610 bits per heavy atom. The van der Waals surface area contributed by atoms with E-state index in [-0.39, 0.29) is 43.9 Å². The van der Waals surface area contributed by atoms with Crippen molar-refractivity contribution < 1.29 is 62.6 Å². The van der Waals surface area contributed by atoms with Crippen LogP contribution < -0.4 is 65.1 Å². The van der Waals surface area contributed by atoms with E-state index in [9.17, 15) is 62.6 Å². The maximum Gasteiger partial charge on any atom is 0.246 e. The molecule has 0 radical (unpaired) electrons. The van der Waals surface area contributed by atoms with Crippen molar-refractivity contribution in [3.05, 3.63) is 35.9 Å². The number of aliphatic hydroxyl groups is 1. The van der Waals surface area contributed by atoms with Crippen LogP contribution in [0.4, 0.5) is 0 Å². The van der Waals surface area contributed by atoms with Gasteiger partial charge in [-0.25, -0.2) is 0 Å². The molecule has 0 spiro atoms. The van der Waals surface area contributed by atoms with E-state index in [1.807, 2.05) is 0 Å². The topological polar surface area (TPSA) is 415 Å². The van der Waals surface area contributed by atoms with Crippen LogP contribution in [0.2, 0.25) is 0 Å².